The highest BCUT2D eigenvalue weighted by Gasteiger charge is 2.46. The largest absolute Gasteiger partial charge is 0.465 e. The standard InChI is InChI=1S/C24H44O9S/c1-7-17(8-2)14-31-21(25)13-20(23(26)32-15-18(9-3)10-4)22(34(28,29)30)24(27)33-16-19(11-5)12-6/h17-20,22H,7-16H2,1-6H3,(H,28,29,30). The highest BCUT2D eigenvalue weighted by atomic mass is 32.2. The molecule has 0 heterocycles. The van der Waals surface area contributed by atoms with Crippen molar-refractivity contribution in [2.45, 2.75) is 91.7 Å². The van der Waals surface area contributed by atoms with E-state index in [2.05, 4.69) is 0 Å². The minimum Gasteiger partial charge on any atom is -0.465 e. The first-order valence-corrected chi connectivity index (χ1v) is 13.9. The molecule has 0 aromatic rings. The lowest BCUT2D eigenvalue weighted by molar-refractivity contribution is -0.160. The molecule has 10 heteroatoms. The van der Waals surface area contributed by atoms with E-state index in [1.54, 1.807) is 0 Å². The van der Waals surface area contributed by atoms with Crippen molar-refractivity contribution in [3.63, 3.8) is 0 Å². The SMILES string of the molecule is CCC(CC)COC(=O)CC(C(=O)OCC(CC)CC)C(C(=O)OCC(CC)CC)S(=O)(=O)O. The summed E-state index contributed by atoms with van der Waals surface area (Å²) in [6, 6.07) is 0. The van der Waals surface area contributed by atoms with Crippen LogP contribution in [-0.4, -0.2) is 55.9 Å². The van der Waals surface area contributed by atoms with E-state index < -0.39 is 45.6 Å². The van der Waals surface area contributed by atoms with Crippen LogP contribution in [-0.2, 0) is 38.7 Å². The van der Waals surface area contributed by atoms with Gasteiger partial charge >= 0.3 is 17.9 Å². The van der Waals surface area contributed by atoms with Crippen LogP contribution in [0.25, 0.3) is 0 Å². The number of carbonyl (C=O) groups excluding carboxylic acids is 3. The summed E-state index contributed by atoms with van der Waals surface area (Å²) in [5.41, 5.74) is 0. The van der Waals surface area contributed by atoms with Crippen LogP contribution in [0.5, 0.6) is 0 Å². The second-order valence-electron chi connectivity index (χ2n) is 8.74. The third kappa shape index (κ3) is 11.6. The third-order valence-electron chi connectivity index (χ3n) is 6.47. The maximum atomic E-state index is 12.9. The van der Waals surface area contributed by atoms with Crippen LogP contribution >= 0.6 is 0 Å². The number of carbonyl (C=O) groups is 3. The second kappa shape index (κ2) is 16.9. The van der Waals surface area contributed by atoms with E-state index in [1.807, 2.05) is 41.5 Å². The van der Waals surface area contributed by atoms with Crippen molar-refractivity contribution in [2.75, 3.05) is 19.8 Å². The quantitative estimate of drug-likeness (QED) is 0.164. The Balaban J connectivity index is 5.81. The van der Waals surface area contributed by atoms with Gasteiger partial charge in [0.25, 0.3) is 10.1 Å². The van der Waals surface area contributed by atoms with E-state index in [1.165, 1.54) is 0 Å². The number of esters is 3. The van der Waals surface area contributed by atoms with Gasteiger partial charge < -0.3 is 14.2 Å². The molecule has 0 rings (SSSR count). The van der Waals surface area contributed by atoms with E-state index in [-0.39, 0.29) is 37.6 Å². The van der Waals surface area contributed by atoms with Crippen molar-refractivity contribution in [1.82, 2.24) is 0 Å². The molecule has 2 unspecified atom stereocenters. The van der Waals surface area contributed by atoms with Gasteiger partial charge in [-0.3, -0.25) is 18.9 Å². The fourth-order valence-electron chi connectivity index (χ4n) is 3.42. The predicted octanol–water partition coefficient (Wildman–Crippen LogP) is 4.19. The molecule has 0 amide bonds. The Kier molecular flexibility index (Phi) is 16.0. The molecule has 0 fully saturated rings. The highest BCUT2D eigenvalue weighted by Crippen LogP contribution is 2.23. The Morgan fingerprint density at radius 2 is 1.00 bits per heavy atom. The van der Waals surface area contributed by atoms with Gasteiger partial charge in [0.1, 0.15) is 0 Å². The van der Waals surface area contributed by atoms with Crippen molar-refractivity contribution in [2.24, 2.45) is 23.7 Å². The summed E-state index contributed by atoms with van der Waals surface area (Å²) in [6.45, 7) is 11.6. The van der Waals surface area contributed by atoms with E-state index in [9.17, 15) is 27.4 Å². The molecule has 2 atom stereocenters. The first kappa shape index (κ1) is 32.3. The molecule has 34 heavy (non-hydrogen) atoms. The van der Waals surface area contributed by atoms with Crippen molar-refractivity contribution >= 4 is 28.0 Å². The molecule has 0 aromatic heterocycles. The maximum Gasteiger partial charge on any atom is 0.327 e. The first-order chi connectivity index (χ1) is 16.0. The van der Waals surface area contributed by atoms with Crippen LogP contribution in [0, 0.1) is 23.7 Å². The summed E-state index contributed by atoms with van der Waals surface area (Å²) in [7, 11) is -5.09. The van der Waals surface area contributed by atoms with Crippen LogP contribution < -0.4 is 0 Å². The van der Waals surface area contributed by atoms with Gasteiger partial charge in [-0.25, -0.2) is 0 Å². The number of hydrogen-bond acceptors (Lipinski definition) is 8. The molecule has 0 saturated carbocycles. The van der Waals surface area contributed by atoms with Gasteiger partial charge in [-0.2, -0.15) is 8.42 Å². The van der Waals surface area contributed by atoms with Gasteiger partial charge in [-0.15, -0.1) is 0 Å². The fraction of sp³-hybridized carbons (Fsp3) is 0.875. The monoisotopic (exact) mass is 508 g/mol. The topological polar surface area (TPSA) is 133 Å². The molecule has 0 aromatic carbocycles. The molecule has 0 saturated heterocycles. The van der Waals surface area contributed by atoms with Crippen LogP contribution in [0.2, 0.25) is 0 Å². The van der Waals surface area contributed by atoms with Crippen LogP contribution in [0.4, 0.5) is 0 Å². The first-order valence-electron chi connectivity index (χ1n) is 12.4. The zero-order chi connectivity index (χ0) is 26.3. The van der Waals surface area contributed by atoms with Crippen LogP contribution in [0.1, 0.15) is 86.5 Å². The molecule has 0 bridgehead atoms. The summed E-state index contributed by atoms with van der Waals surface area (Å²) in [5.74, 6) is -4.83. The van der Waals surface area contributed by atoms with Gasteiger partial charge in [0.05, 0.1) is 32.2 Å². The molecule has 1 N–H and O–H groups in total. The normalized spacial score (nSPS) is 13.7. The molecule has 0 aliphatic carbocycles. The molecule has 0 radical (unpaired) electrons. The molecule has 200 valence electrons. The lowest BCUT2D eigenvalue weighted by atomic mass is 10.00. The summed E-state index contributed by atoms with van der Waals surface area (Å²) >= 11 is 0. The van der Waals surface area contributed by atoms with E-state index >= 15 is 0 Å². The smallest absolute Gasteiger partial charge is 0.327 e. The molecule has 0 spiro atoms. The zero-order valence-corrected chi connectivity index (χ0v) is 22.4. The minimum atomic E-state index is -5.09. The molecule has 9 nitrogen and oxygen atoms in total. The summed E-state index contributed by atoms with van der Waals surface area (Å²) in [5, 5.41) is -2.28. The van der Waals surface area contributed by atoms with E-state index in [4.69, 9.17) is 14.2 Å². The summed E-state index contributed by atoms with van der Waals surface area (Å²) in [4.78, 5) is 38.1. The Labute approximate surface area is 205 Å². The van der Waals surface area contributed by atoms with Gasteiger partial charge in [0, 0.05) is 0 Å². The molecular formula is C24H44O9S. The predicted molar refractivity (Wildman–Crippen MR) is 129 cm³/mol. The Morgan fingerprint density at radius 1 is 0.647 bits per heavy atom. The number of rotatable bonds is 18. The lowest BCUT2D eigenvalue weighted by Gasteiger charge is -2.24. The Hall–Kier alpha value is -1.68. The van der Waals surface area contributed by atoms with Crippen molar-refractivity contribution < 1.29 is 41.6 Å². The Bertz CT molecular complexity index is 708. The lowest BCUT2D eigenvalue weighted by Crippen LogP contribution is -2.44. The second-order valence-corrected chi connectivity index (χ2v) is 10.3. The highest BCUT2D eigenvalue weighted by molar-refractivity contribution is 7.87. The Morgan fingerprint density at radius 3 is 1.35 bits per heavy atom. The summed E-state index contributed by atoms with van der Waals surface area (Å²) < 4.78 is 49.9. The van der Waals surface area contributed by atoms with E-state index in [0.717, 1.165) is 25.7 Å². The average Bonchev–Trinajstić information content (AvgIpc) is 2.79. The van der Waals surface area contributed by atoms with Crippen molar-refractivity contribution in [3.8, 4) is 0 Å². The zero-order valence-electron chi connectivity index (χ0n) is 21.6. The van der Waals surface area contributed by atoms with Gasteiger partial charge in [-0.05, 0) is 17.8 Å². The van der Waals surface area contributed by atoms with Gasteiger partial charge in [0.15, 0.2) is 5.25 Å². The van der Waals surface area contributed by atoms with Crippen LogP contribution in [0.15, 0.2) is 0 Å². The molecule has 0 aliphatic rings. The van der Waals surface area contributed by atoms with Crippen molar-refractivity contribution in [1.29, 1.82) is 0 Å². The molecular weight excluding hydrogens is 464 g/mol. The van der Waals surface area contributed by atoms with E-state index in [0.29, 0.717) is 12.8 Å². The van der Waals surface area contributed by atoms with Gasteiger partial charge in [0.2, 0.25) is 0 Å². The van der Waals surface area contributed by atoms with Crippen molar-refractivity contribution in [3.05, 3.63) is 0 Å². The third-order valence-corrected chi connectivity index (χ3v) is 7.64. The van der Waals surface area contributed by atoms with Crippen LogP contribution in [0.3, 0.4) is 0 Å². The molecule has 0 aliphatic heterocycles. The average molecular weight is 509 g/mol. The summed E-state index contributed by atoms with van der Waals surface area (Å²) in [6.07, 6.45) is 3.68. The van der Waals surface area contributed by atoms with Gasteiger partial charge in [-0.1, -0.05) is 80.1 Å². The maximum absolute atomic E-state index is 12.9. The number of hydrogen-bond donors (Lipinski definition) is 1. The fourth-order valence-corrected chi connectivity index (χ4v) is 4.35. The minimum absolute atomic E-state index is 0.00347. The number of ether oxygens (including phenoxy) is 3.